The highest BCUT2D eigenvalue weighted by molar-refractivity contribution is 9.11. The average molecular weight is 381 g/mol. The summed E-state index contributed by atoms with van der Waals surface area (Å²) in [6.45, 7) is 9.19. The van der Waals surface area contributed by atoms with E-state index in [0.717, 1.165) is 20.3 Å². The van der Waals surface area contributed by atoms with Gasteiger partial charge in [0.2, 0.25) is 0 Å². The average Bonchev–Trinajstić information content (AvgIpc) is 2.21. The van der Waals surface area contributed by atoms with Crippen molar-refractivity contribution >= 4 is 31.9 Å². The number of ether oxygens (including phenoxy) is 1. The minimum atomic E-state index is -0.213. The van der Waals surface area contributed by atoms with Gasteiger partial charge in [0.25, 0.3) is 0 Å². The summed E-state index contributed by atoms with van der Waals surface area (Å²) < 4.78 is 7.58. The van der Waals surface area contributed by atoms with Crippen LogP contribution in [0.1, 0.15) is 33.3 Å². The van der Waals surface area contributed by atoms with Crippen LogP contribution in [0.15, 0.2) is 21.1 Å². The minimum absolute atomic E-state index is 0.213. The molecule has 0 saturated carbocycles. The standard InChI is InChI=1S/C13H19Br2NO2/c1-5-17-12-9(6-10(14)7-11(12)15)8-16-18-13(2,3)4/h6-7,16H,5,8H2,1-4H3. The lowest BCUT2D eigenvalue weighted by Crippen LogP contribution is -2.28. The molecule has 0 atom stereocenters. The van der Waals surface area contributed by atoms with Crippen LogP contribution >= 0.6 is 31.9 Å². The Kier molecular flexibility index (Phi) is 6.11. The summed E-state index contributed by atoms with van der Waals surface area (Å²) >= 11 is 6.98. The molecule has 102 valence electrons. The summed E-state index contributed by atoms with van der Waals surface area (Å²) in [6, 6.07) is 3.99. The lowest BCUT2D eigenvalue weighted by molar-refractivity contribution is -0.0759. The van der Waals surface area contributed by atoms with E-state index < -0.39 is 0 Å². The minimum Gasteiger partial charge on any atom is -0.492 e. The molecular weight excluding hydrogens is 362 g/mol. The van der Waals surface area contributed by atoms with Gasteiger partial charge in [-0.15, -0.1) is 0 Å². The highest BCUT2D eigenvalue weighted by atomic mass is 79.9. The summed E-state index contributed by atoms with van der Waals surface area (Å²) in [5.74, 6) is 0.853. The van der Waals surface area contributed by atoms with E-state index in [4.69, 9.17) is 9.57 Å². The molecule has 1 rings (SSSR count). The number of hydroxylamine groups is 1. The van der Waals surface area contributed by atoms with E-state index in [-0.39, 0.29) is 5.60 Å². The second-order valence-corrected chi connectivity index (χ2v) is 6.61. The lowest BCUT2D eigenvalue weighted by atomic mass is 10.2. The van der Waals surface area contributed by atoms with Gasteiger partial charge in [-0.25, -0.2) is 0 Å². The molecule has 0 heterocycles. The first-order valence-corrected chi connectivity index (χ1v) is 7.43. The van der Waals surface area contributed by atoms with Gasteiger partial charge in [-0.05, 0) is 55.8 Å². The summed E-state index contributed by atoms with van der Waals surface area (Å²) in [6.07, 6.45) is 0. The Morgan fingerprint density at radius 3 is 2.44 bits per heavy atom. The van der Waals surface area contributed by atoms with Crippen LogP contribution in [0.3, 0.4) is 0 Å². The molecule has 5 heteroatoms. The zero-order valence-electron chi connectivity index (χ0n) is 11.1. The van der Waals surface area contributed by atoms with Gasteiger partial charge in [-0.1, -0.05) is 15.9 Å². The molecule has 0 unspecified atom stereocenters. The largest absolute Gasteiger partial charge is 0.492 e. The number of hydrogen-bond acceptors (Lipinski definition) is 3. The van der Waals surface area contributed by atoms with Crippen LogP contribution < -0.4 is 10.2 Å². The second kappa shape index (κ2) is 6.89. The third-order valence-electron chi connectivity index (χ3n) is 2.01. The highest BCUT2D eigenvalue weighted by Crippen LogP contribution is 2.33. The maximum Gasteiger partial charge on any atom is 0.138 e. The maximum absolute atomic E-state index is 5.64. The Labute approximate surface area is 125 Å². The van der Waals surface area contributed by atoms with Gasteiger partial charge < -0.3 is 4.74 Å². The van der Waals surface area contributed by atoms with Crippen LogP contribution in [0, 0.1) is 0 Å². The summed E-state index contributed by atoms with van der Waals surface area (Å²) in [5.41, 5.74) is 3.80. The van der Waals surface area contributed by atoms with E-state index in [1.165, 1.54) is 0 Å². The summed E-state index contributed by atoms with van der Waals surface area (Å²) in [4.78, 5) is 5.51. The quantitative estimate of drug-likeness (QED) is 0.766. The van der Waals surface area contributed by atoms with Gasteiger partial charge in [0.15, 0.2) is 0 Å². The molecule has 0 fully saturated rings. The van der Waals surface area contributed by atoms with Gasteiger partial charge in [0.05, 0.1) is 16.7 Å². The van der Waals surface area contributed by atoms with Gasteiger partial charge in [-0.2, -0.15) is 5.48 Å². The normalized spacial score (nSPS) is 11.7. The van der Waals surface area contributed by atoms with Crippen LogP contribution in [0.4, 0.5) is 0 Å². The number of benzene rings is 1. The molecule has 0 bridgehead atoms. The van der Waals surface area contributed by atoms with E-state index in [0.29, 0.717) is 13.2 Å². The smallest absolute Gasteiger partial charge is 0.138 e. The lowest BCUT2D eigenvalue weighted by Gasteiger charge is -2.20. The molecule has 0 aromatic heterocycles. The number of rotatable bonds is 5. The van der Waals surface area contributed by atoms with Crippen molar-refractivity contribution in [3.63, 3.8) is 0 Å². The molecule has 0 amide bonds. The van der Waals surface area contributed by atoms with Crippen molar-refractivity contribution < 1.29 is 9.57 Å². The molecule has 0 aliphatic rings. The monoisotopic (exact) mass is 379 g/mol. The van der Waals surface area contributed by atoms with Gasteiger partial charge >= 0.3 is 0 Å². The van der Waals surface area contributed by atoms with E-state index >= 15 is 0 Å². The molecule has 1 aromatic carbocycles. The number of halogens is 2. The van der Waals surface area contributed by atoms with Crippen molar-refractivity contribution in [2.75, 3.05) is 6.61 Å². The Bertz CT molecular complexity index is 403. The van der Waals surface area contributed by atoms with Crippen molar-refractivity contribution in [3.8, 4) is 5.75 Å². The fraction of sp³-hybridized carbons (Fsp3) is 0.538. The van der Waals surface area contributed by atoms with Gasteiger partial charge in [-0.3, -0.25) is 4.84 Å². The number of hydrogen-bond donors (Lipinski definition) is 1. The van der Waals surface area contributed by atoms with Gasteiger partial charge in [0.1, 0.15) is 5.75 Å². The fourth-order valence-corrected chi connectivity index (χ4v) is 2.81. The molecule has 0 aliphatic heterocycles. The van der Waals surface area contributed by atoms with Crippen molar-refractivity contribution in [1.29, 1.82) is 0 Å². The Balaban J connectivity index is 2.79. The molecule has 1 aromatic rings. The molecule has 0 aliphatic carbocycles. The van der Waals surface area contributed by atoms with E-state index in [2.05, 4.69) is 37.3 Å². The highest BCUT2D eigenvalue weighted by Gasteiger charge is 2.13. The first kappa shape index (κ1) is 16.0. The molecule has 3 nitrogen and oxygen atoms in total. The van der Waals surface area contributed by atoms with Crippen molar-refractivity contribution in [2.24, 2.45) is 0 Å². The van der Waals surface area contributed by atoms with E-state index in [9.17, 15) is 0 Å². The molecule has 0 radical (unpaired) electrons. The summed E-state index contributed by atoms with van der Waals surface area (Å²) in [5, 5.41) is 0. The molecule has 1 N–H and O–H groups in total. The van der Waals surface area contributed by atoms with E-state index in [1.54, 1.807) is 0 Å². The summed E-state index contributed by atoms with van der Waals surface area (Å²) in [7, 11) is 0. The molecule has 18 heavy (non-hydrogen) atoms. The predicted molar refractivity (Wildman–Crippen MR) is 80.7 cm³/mol. The van der Waals surface area contributed by atoms with Crippen molar-refractivity contribution in [1.82, 2.24) is 5.48 Å². The Morgan fingerprint density at radius 1 is 1.22 bits per heavy atom. The first-order chi connectivity index (χ1) is 8.33. The van der Waals surface area contributed by atoms with Crippen LogP contribution in [0.2, 0.25) is 0 Å². The third kappa shape index (κ3) is 5.26. The Morgan fingerprint density at radius 2 is 1.89 bits per heavy atom. The first-order valence-electron chi connectivity index (χ1n) is 5.85. The Hall–Kier alpha value is -0.100. The number of nitrogens with one attached hydrogen (secondary N) is 1. The second-order valence-electron chi connectivity index (χ2n) is 4.84. The zero-order chi connectivity index (χ0) is 13.8. The zero-order valence-corrected chi connectivity index (χ0v) is 14.3. The van der Waals surface area contributed by atoms with Crippen LogP contribution in [0.25, 0.3) is 0 Å². The van der Waals surface area contributed by atoms with Crippen molar-refractivity contribution in [3.05, 3.63) is 26.6 Å². The van der Waals surface area contributed by atoms with Crippen LogP contribution in [0.5, 0.6) is 5.75 Å². The van der Waals surface area contributed by atoms with Crippen LogP contribution in [-0.2, 0) is 11.4 Å². The maximum atomic E-state index is 5.64. The third-order valence-corrected chi connectivity index (χ3v) is 3.06. The fourth-order valence-electron chi connectivity index (χ4n) is 1.38. The molecule has 0 spiro atoms. The van der Waals surface area contributed by atoms with Crippen molar-refractivity contribution in [2.45, 2.75) is 39.8 Å². The molecular formula is C13H19Br2NO2. The van der Waals surface area contributed by atoms with Crippen LogP contribution in [-0.4, -0.2) is 12.2 Å². The SMILES string of the molecule is CCOc1c(Br)cc(Br)cc1CNOC(C)(C)C. The predicted octanol–water partition coefficient (Wildman–Crippen LogP) is 4.43. The molecule has 0 saturated heterocycles. The van der Waals surface area contributed by atoms with E-state index in [1.807, 2.05) is 39.8 Å². The topological polar surface area (TPSA) is 30.5 Å². The van der Waals surface area contributed by atoms with Gasteiger partial charge in [0, 0.05) is 16.6 Å².